The molecule has 1 aromatic heterocycles. The fourth-order valence-electron chi connectivity index (χ4n) is 1.13. The minimum Gasteiger partial charge on any atom is -0.466 e. The topological polar surface area (TPSA) is 30.2 Å². The Bertz CT molecular complexity index is 297. The van der Waals surface area contributed by atoms with Gasteiger partial charge in [-0.15, -0.1) is 0 Å². The summed E-state index contributed by atoms with van der Waals surface area (Å²) >= 11 is 0. The zero-order valence-electron chi connectivity index (χ0n) is 7.99. The van der Waals surface area contributed by atoms with E-state index < -0.39 is 0 Å². The average Bonchev–Trinajstić information content (AvgIpc) is 2.04. The van der Waals surface area contributed by atoms with E-state index in [1.807, 2.05) is 43.1 Å². The van der Waals surface area contributed by atoms with E-state index in [1.165, 1.54) is 0 Å². The molecule has 0 saturated heterocycles. The Morgan fingerprint density at radius 2 is 2.38 bits per heavy atom. The van der Waals surface area contributed by atoms with Crippen molar-refractivity contribution in [2.24, 2.45) is 7.05 Å². The summed E-state index contributed by atoms with van der Waals surface area (Å²) in [5.41, 5.74) is 0.975. The Morgan fingerprint density at radius 3 is 3.00 bits per heavy atom. The minimum atomic E-state index is -0.172. The molecule has 0 radical (unpaired) electrons. The smallest absolute Gasteiger partial charge is 0.310 e. The van der Waals surface area contributed by atoms with Crippen LogP contribution in [0.3, 0.4) is 0 Å². The second-order valence-corrected chi connectivity index (χ2v) is 2.86. The third-order valence-electron chi connectivity index (χ3n) is 1.65. The molecule has 0 fully saturated rings. The van der Waals surface area contributed by atoms with Crippen LogP contribution in [-0.2, 0) is 23.0 Å². The zero-order chi connectivity index (χ0) is 9.68. The predicted molar refractivity (Wildman–Crippen MR) is 48.0 cm³/mol. The summed E-state index contributed by atoms with van der Waals surface area (Å²) in [4.78, 5) is 11.1. The second kappa shape index (κ2) is 4.60. The molecule has 0 spiro atoms. The molecule has 0 aliphatic heterocycles. The number of nitrogens with zero attached hydrogens (tertiary/aromatic N) is 1. The Balaban J connectivity index is 2.58. The number of ether oxygens (including phenoxy) is 1. The van der Waals surface area contributed by atoms with E-state index >= 15 is 0 Å². The maximum atomic E-state index is 11.1. The monoisotopic (exact) mass is 180 g/mol. The lowest BCUT2D eigenvalue weighted by molar-refractivity contribution is -0.671. The fourth-order valence-corrected chi connectivity index (χ4v) is 1.13. The Hall–Kier alpha value is -1.38. The Labute approximate surface area is 78.0 Å². The van der Waals surface area contributed by atoms with E-state index in [0.717, 1.165) is 5.56 Å². The third-order valence-corrected chi connectivity index (χ3v) is 1.65. The largest absolute Gasteiger partial charge is 0.466 e. The summed E-state index contributed by atoms with van der Waals surface area (Å²) in [6.07, 6.45) is 4.19. The summed E-state index contributed by atoms with van der Waals surface area (Å²) in [5.74, 6) is -0.172. The summed E-state index contributed by atoms with van der Waals surface area (Å²) in [5, 5.41) is 0. The molecule has 1 heterocycles. The predicted octanol–water partition coefficient (Wildman–Crippen LogP) is 0.617. The number of pyridine rings is 1. The van der Waals surface area contributed by atoms with Gasteiger partial charge in [-0.05, 0) is 13.0 Å². The minimum absolute atomic E-state index is 0.172. The van der Waals surface area contributed by atoms with Gasteiger partial charge in [-0.3, -0.25) is 4.79 Å². The summed E-state index contributed by atoms with van der Waals surface area (Å²) < 4.78 is 6.75. The van der Waals surface area contributed by atoms with Crippen molar-refractivity contribution in [3.63, 3.8) is 0 Å². The first-order chi connectivity index (χ1) is 6.22. The number of aryl methyl sites for hydroxylation is 1. The van der Waals surface area contributed by atoms with Gasteiger partial charge < -0.3 is 4.74 Å². The zero-order valence-corrected chi connectivity index (χ0v) is 7.99. The molecule has 0 N–H and O–H groups in total. The van der Waals surface area contributed by atoms with Crippen LogP contribution < -0.4 is 4.57 Å². The SMILES string of the molecule is CCOC(=O)Cc1ccc[n+](C)c1. The number of hydrogen-bond acceptors (Lipinski definition) is 2. The van der Waals surface area contributed by atoms with Crippen LogP contribution in [-0.4, -0.2) is 12.6 Å². The Morgan fingerprint density at radius 1 is 1.62 bits per heavy atom. The van der Waals surface area contributed by atoms with Crippen molar-refractivity contribution >= 4 is 5.97 Å². The van der Waals surface area contributed by atoms with E-state index in [1.54, 1.807) is 0 Å². The highest BCUT2D eigenvalue weighted by Crippen LogP contribution is 1.97. The molecule has 70 valence electrons. The standard InChI is InChI=1S/C10H14NO2/c1-3-13-10(12)7-9-5-4-6-11(2)8-9/h4-6,8H,3,7H2,1-2H3/q+1. The fraction of sp³-hybridized carbons (Fsp3) is 0.400. The summed E-state index contributed by atoms with van der Waals surface area (Å²) in [7, 11) is 1.93. The van der Waals surface area contributed by atoms with Crippen molar-refractivity contribution in [3.8, 4) is 0 Å². The van der Waals surface area contributed by atoms with Gasteiger partial charge in [0, 0.05) is 11.6 Å². The quantitative estimate of drug-likeness (QED) is 0.504. The van der Waals surface area contributed by atoms with E-state index in [2.05, 4.69) is 0 Å². The normalized spacial score (nSPS) is 9.69. The molecule has 13 heavy (non-hydrogen) atoms. The molecule has 0 saturated carbocycles. The van der Waals surface area contributed by atoms with Crippen LogP contribution in [0.4, 0.5) is 0 Å². The molecule has 0 amide bonds. The number of hydrogen-bond donors (Lipinski definition) is 0. The first kappa shape index (κ1) is 9.71. The molecule has 1 rings (SSSR count). The van der Waals surface area contributed by atoms with Crippen molar-refractivity contribution in [2.75, 3.05) is 6.61 Å². The van der Waals surface area contributed by atoms with Crippen molar-refractivity contribution in [2.45, 2.75) is 13.3 Å². The number of rotatable bonds is 3. The molecule has 0 atom stereocenters. The van der Waals surface area contributed by atoms with Crippen LogP contribution >= 0.6 is 0 Å². The van der Waals surface area contributed by atoms with Crippen molar-refractivity contribution in [1.82, 2.24) is 0 Å². The van der Waals surface area contributed by atoms with Gasteiger partial charge in [0.2, 0.25) is 0 Å². The van der Waals surface area contributed by atoms with Crippen LogP contribution in [0, 0.1) is 0 Å². The molecule has 0 aliphatic carbocycles. The maximum absolute atomic E-state index is 11.1. The molecule has 1 aromatic rings. The lowest BCUT2D eigenvalue weighted by Gasteiger charge is -1.99. The van der Waals surface area contributed by atoms with Crippen LogP contribution in [0.2, 0.25) is 0 Å². The van der Waals surface area contributed by atoms with Gasteiger partial charge >= 0.3 is 5.97 Å². The number of carbonyl (C=O) groups excluding carboxylic acids is 1. The van der Waals surface area contributed by atoms with Gasteiger partial charge in [-0.1, -0.05) is 0 Å². The number of esters is 1. The van der Waals surface area contributed by atoms with Crippen molar-refractivity contribution in [1.29, 1.82) is 0 Å². The van der Waals surface area contributed by atoms with Gasteiger partial charge in [-0.2, -0.15) is 0 Å². The van der Waals surface area contributed by atoms with Crippen LogP contribution in [0.1, 0.15) is 12.5 Å². The van der Waals surface area contributed by atoms with Crippen molar-refractivity contribution < 1.29 is 14.1 Å². The molecule has 3 heteroatoms. The molecule has 0 bridgehead atoms. The lowest BCUT2D eigenvalue weighted by Crippen LogP contribution is -2.27. The molecule has 0 aromatic carbocycles. The molecule has 0 unspecified atom stereocenters. The van der Waals surface area contributed by atoms with E-state index in [4.69, 9.17) is 4.74 Å². The van der Waals surface area contributed by atoms with Crippen LogP contribution in [0.15, 0.2) is 24.5 Å². The van der Waals surface area contributed by atoms with E-state index in [-0.39, 0.29) is 5.97 Å². The maximum Gasteiger partial charge on any atom is 0.310 e. The van der Waals surface area contributed by atoms with Gasteiger partial charge in [-0.25, -0.2) is 4.57 Å². The number of aromatic nitrogens is 1. The van der Waals surface area contributed by atoms with Crippen molar-refractivity contribution in [3.05, 3.63) is 30.1 Å². The first-order valence-corrected chi connectivity index (χ1v) is 4.32. The number of carbonyl (C=O) groups is 1. The molecule has 0 aliphatic rings. The average molecular weight is 180 g/mol. The van der Waals surface area contributed by atoms with Crippen LogP contribution in [0.25, 0.3) is 0 Å². The van der Waals surface area contributed by atoms with Gasteiger partial charge in [0.15, 0.2) is 12.4 Å². The second-order valence-electron chi connectivity index (χ2n) is 2.86. The molecular weight excluding hydrogens is 166 g/mol. The first-order valence-electron chi connectivity index (χ1n) is 4.32. The van der Waals surface area contributed by atoms with Crippen LogP contribution in [0.5, 0.6) is 0 Å². The van der Waals surface area contributed by atoms with Gasteiger partial charge in [0.05, 0.1) is 13.0 Å². The third kappa shape index (κ3) is 3.23. The molecule has 3 nitrogen and oxygen atoms in total. The lowest BCUT2D eigenvalue weighted by atomic mass is 10.2. The summed E-state index contributed by atoms with van der Waals surface area (Å²) in [6, 6.07) is 3.82. The molecular formula is C10H14NO2+. The van der Waals surface area contributed by atoms with Gasteiger partial charge in [0.1, 0.15) is 7.05 Å². The Kier molecular flexibility index (Phi) is 3.43. The summed E-state index contributed by atoms with van der Waals surface area (Å²) in [6.45, 7) is 2.25. The highest BCUT2D eigenvalue weighted by atomic mass is 16.5. The van der Waals surface area contributed by atoms with E-state index in [9.17, 15) is 4.79 Å². The highest BCUT2D eigenvalue weighted by Gasteiger charge is 2.05. The highest BCUT2D eigenvalue weighted by molar-refractivity contribution is 5.72. The van der Waals surface area contributed by atoms with E-state index in [0.29, 0.717) is 13.0 Å². The van der Waals surface area contributed by atoms with Gasteiger partial charge in [0.25, 0.3) is 0 Å².